The lowest BCUT2D eigenvalue weighted by atomic mass is 10.2. The molecule has 0 aromatic carbocycles. The quantitative estimate of drug-likeness (QED) is 0.815. The van der Waals surface area contributed by atoms with E-state index in [9.17, 15) is 4.79 Å². The van der Waals surface area contributed by atoms with Crippen molar-refractivity contribution in [3.05, 3.63) is 4.88 Å². The first-order valence-electron chi connectivity index (χ1n) is 6.67. The van der Waals surface area contributed by atoms with Crippen molar-refractivity contribution in [2.24, 2.45) is 11.8 Å². The lowest BCUT2D eigenvalue weighted by molar-refractivity contribution is 0.0972. The highest BCUT2D eigenvalue weighted by Gasteiger charge is 2.34. The molecule has 2 rings (SSSR count). The number of methoxy groups -OCH3 is 1. The third kappa shape index (κ3) is 2.86. The minimum Gasteiger partial charge on any atom is -0.492 e. The molecule has 5 heteroatoms. The zero-order valence-electron chi connectivity index (χ0n) is 12.0. The average molecular weight is 282 g/mol. The lowest BCUT2D eigenvalue weighted by Crippen LogP contribution is -2.21. The van der Waals surface area contributed by atoms with Gasteiger partial charge in [0.2, 0.25) is 0 Å². The van der Waals surface area contributed by atoms with Crippen LogP contribution in [0.15, 0.2) is 0 Å². The molecule has 106 valence electrons. The molecule has 4 nitrogen and oxygen atoms in total. The fourth-order valence-corrected chi connectivity index (χ4v) is 3.39. The number of hydrogen-bond donors (Lipinski definition) is 1. The number of anilines is 2. The summed E-state index contributed by atoms with van der Waals surface area (Å²) in [7, 11) is 3.62. The van der Waals surface area contributed by atoms with Crippen molar-refractivity contribution < 1.29 is 9.53 Å². The molecule has 19 heavy (non-hydrogen) atoms. The summed E-state index contributed by atoms with van der Waals surface area (Å²) in [5.74, 6) is 1.57. The van der Waals surface area contributed by atoms with E-state index >= 15 is 0 Å². The fraction of sp³-hybridized carbons (Fsp3) is 0.643. The van der Waals surface area contributed by atoms with E-state index in [-0.39, 0.29) is 11.7 Å². The highest BCUT2D eigenvalue weighted by Crippen LogP contribution is 2.47. The first-order chi connectivity index (χ1) is 8.95. The predicted octanol–water partition coefficient (Wildman–Crippen LogP) is 3.02. The molecule has 0 atom stereocenters. The maximum absolute atomic E-state index is 12.2. The smallest absolute Gasteiger partial charge is 0.178 e. The van der Waals surface area contributed by atoms with Gasteiger partial charge in [-0.2, -0.15) is 0 Å². The van der Waals surface area contributed by atoms with Gasteiger partial charge in [-0.05, 0) is 18.8 Å². The van der Waals surface area contributed by atoms with Crippen LogP contribution in [-0.4, -0.2) is 26.5 Å². The van der Waals surface area contributed by atoms with Crippen LogP contribution in [0.3, 0.4) is 0 Å². The summed E-state index contributed by atoms with van der Waals surface area (Å²) in [6, 6.07) is 0. The van der Waals surface area contributed by atoms with E-state index in [0.29, 0.717) is 22.2 Å². The monoisotopic (exact) mass is 282 g/mol. The number of carbonyl (C=O) groups excluding carboxylic acids is 1. The number of thiophene rings is 1. The fourth-order valence-electron chi connectivity index (χ4n) is 2.21. The average Bonchev–Trinajstić information content (AvgIpc) is 3.11. The van der Waals surface area contributed by atoms with Crippen molar-refractivity contribution in [1.29, 1.82) is 0 Å². The number of hydrogen-bond acceptors (Lipinski definition) is 5. The Morgan fingerprint density at radius 1 is 1.53 bits per heavy atom. The van der Waals surface area contributed by atoms with Crippen LogP contribution >= 0.6 is 11.3 Å². The van der Waals surface area contributed by atoms with Crippen LogP contribution < -0.4 is 15.4 Å². The van der Waals surface area contributed by atoms with Gasteiger partial charge in [0, 0.05) is 19.5 Å². The van der Waals surface area contributed by atoms with Crippen molar-refractivity contribution in [3.8, 4) is 5.75 Å². The Hall–Kier alpha value is -1.23. The van der Waals surface area contributed by atoms with Gasteiger partial charge in [-0.15, -0.1) is 11.3 Å². The van der Waals surface area contributed by atoms with Gasteiger partial charge in [-0.1, -0.05) is 13.8 Å². The Morgan fingerprint density at radius 2 is 2.16 bits per heavy atom. The number of nitrogens with zero attached hydrogens (tertiary/aromatic N) is 1. The minimum absolute atomic E-state index is 0.185. The number of nitrogen functional groups attached to an aromatic ring is 1. The number of nitrogens with two attached hydrogens (primary N) is 1. The minimum atomic E-state index is 0.185. The van der Waals surface area contributed by atoms with E-state index < -0.39 is 0 Å². The summed E-state index contributed by atoms with van der Waals surface area (Å²) in [6.07, 6.45) is 1.99. The second-order valence-corrected chi connectivity index (χ2v) is 6.60. The molecule has 1 aliphatic carbocycles. The first-order valence-corrected chi connectivity index (χ1v) is 7.49. The number of rotatable bonds is 6. The molecule has 1 saturated carbocycles. The topological polar surface area (TPSA) is 55.6 Å². The summed E-state index contributed by atoms with van der Waals surface area (Å²) < 4.78 is 5.40. The number of ketones is 1. The maximum Gasteiger partial charge on any atom is 0.178 e. The van der Waals surface area contributed by atoms with Crippen LogP contribution in [0, 0.1) is 11.8 Å². The molecule has 2 N–H and O–H groups in total. The van der Waals surface area contributed by atoms with Crippen LogP contribution in [0.5, 0.6) is 5.75 Å². The third-order valence-electron chi connectivity index (χ3n) is 3.24. The van der Waals surface area contributed by atoms with E-state index in [1.807, 2.05) is 7.05 Å². The highest BCUT2D eigenvalue weighted by atomic mass is 32.1. The molecule has 1 aromatic rings. The van der Waals surface area contributed by atoms with Crippen molar-refractivity contribution in [2.45, 2.75) is 26.7 Å². The van der Waals surface area contributed by atoms with E-state index in [2.05, 4.69) is 18.7 Å². The molecule has 0 bridgehead atoms. The van der Waals surface area contributed by atoms with Gasteiger partial charge < -0.3 is 15.4 Å². The van der Waals surface area contributed by atoms with Gasteiger partial charge in [0.1, 0.15) is 5.00 Å². The number of carbonyl (C=O) groups is 1. The van der Waals surface area contributed by atoms with Crippen LogP contribution in [0.25, 0.3) is 0 Å². The Kier molecular flexibility index (Phi) is 4.04. The van der Waals surface area contributed by atoms with E-state index in [1.54, 1.807) is 7.11 Å². The van der Waals surface area contributed by atoms with Gasteiger partial charge in [-0.3, -0.25) is 4.79 Å². The van der Waals surface area contributed by atoms with Gasteiger partial charge >= 0.3 is 0 Å². The van der Waals surface area contributed by atoms with Crippen molar-refractivity contribution in [1.82, 2.24) is 0 Å². The van der Waals surface area contributed by atoms with Crippen molar-refractivity contribution in [3.63, 3.8) is 0 Å². The van der Waals surface area contributed by atoms with E-state index in [1.165, 1.54) is 11.3 Å². The van der Waals surface area contributed by atoms with Gasteiger partial charge in [0.05, 0.1) is 17.7 Å². The predicted molar refractivity (Wildman–Crippen MR) is 80.4 cm³/mol. The number of ether oxygens (including phenoxy) is 1. The molecule has 1 fully saturated rings. The molecule has 0 aliphatic heterocycles. The molecule has 0 amide bonds. The Bertz CT molecular complexity index is 478. The third-order valence-corrected chi connectivity index (χ3v) is 4.56. The largest absolute Gasteiger partial charge is 0.492 e. The first kappa shape index (κ1) is 14.2. The molecule has 0 saturated heterocycles. The normalized spacial score (nSPS) is 14.8. The molecular formula is C14H22N2O2S. The molecule has 1 aromatic heterocycles. The van der Waals surface area contributed by atoms with Gasteiger partial charge in [0.15, 0.2) is 11.5 Å². The van der Waals surface area contributed by atoms with Gasteiger partial charge in [-0.25, -0.2) is 0 Å². The maximum atomic E-state index is 12.2. The molecule has 1 aliphatic rings. The van der Waals surface area contributed by atoms with Crippen molar-refractivity contribution in [2.75, 3.05) is 31.3 Å². The number of Topliss-reactive ketones (excluding diaryl/α,β-unsaturated/α-hetero) is 1. The summed E-state index contributed by atoms with van der Waals surface area (Å²) in [4.78, 5) is 15.0. The molecule has 0 radical (unpaired) electrons. The molecule has 0 spiro atoms. The standard InChI is InChI=1S/C14H22N2O2S/c1-8(2)7-16(3)14-12(18-4)10(15)13(19-14)11(17)9-5-6-9/h8-9H,5-7,15H2,1-4H3. The summed E-state index contributed by atoms with van der Waals surface area (Å²) >= 11 is 1.46. The zero-order chi connectivity index (χ0) is 14.2. The summed E-state index contributed by atoms with van der Waals surface area (Å²) in [5.41, 5.74) is 6.60. The Labute approximate surface area is 118 Å². The van der Waals surface area contributed by atoms with E-state index in [0.717, 1.165) is 24.4 Å². The highest BCUT2D eigenvalue weighted by molar-refractivity contribution is 7.19. The molecule has 0 unspecified atom stereocenters. The summed E-state index contributed by atoms with van der Waals surface area (Å²) in [6.45, 7) is 5.24. The van der Waals surface area contributed by atoms with Gasteiger partial charge in [0.25, 0.3) is 0 Å². The van der Waals surface area contributed by atoms with Crippen molar-refractivity contribution >= 4 is 27.8 Å². The van der Waals surface area contributed by atoms with Crippen LogP contribution in [0.2, 0.25) is 0 Å². The second kappa shape index (κ2) is 5.41. The Balaban J connectivity index is 2.32. The van der Waals surface area contributed by atoms with Crippen LogP contribution in [-0.2, 0) is 0 Å². The zero-order valence-corrected chi connectivity index (χ0v) is 12.8. The Morgan fingerprint density at radius 3 is 2.63 bits per heavy atom. The van der Waals surface area contributed by atoms with Crippen LogP contribution in [0.1, 0.15) is 36.4 Å². The second-order valence-electron chi connectivity index (χ2n) is 5.60. The SMILES string of the molecule is COc1c(N(C)CC(C)C)sc(C(=O)C2CC2)c1N. The van der Waals surface area contributed by atoms with Crippen LogP contribution in [0.4, 0.5) is 10.7 Å². The van der Waals surface area contributed by atoms with E-state index in [4.69, 9.17) is 10.5 Å². The summed E-state index contributed by atoms with van der Waals surface area (Å²) in [5, 5.41) is 0.956. The molecule has 1 heterocycles. The molecular weight excluding hydrogens is 260 g/mol. The lowest BCUT2D eigenvalue weighted by Gasteiger charge is -2.20.